The minimum absolute atomic E-state index is 0.448. The molecule has 25 heavy (non-hydrogen) atoms. The Morgan fingerprint density at radius 1 is 1.24 bits per heavy atom. The van der Waals surface area contributed by atoms with Crippen molar-refractivity contribution >= 4 is 26.7 Å². The molecule has 0 aliphatic carbocycles. The second kappa shape index (κ2) is 7.23. The summed E-state index contributed by atoms with van der Waals surface area (Å²) in [6.45, 7) is 2.60. The summed E-state index contributed by atoms with van der Waals surface area (Å²) < 4.78 is 12.3. The minimum atomic E-state index is 0.448. The van der Waals surface area contributed by atoms with Gasteiger partial charge >= 0.3 is 6.01 Å². The van der Waals surface area contributed by atoms with Gasteiger partial charge in [-0.1, -0.05) is 17.4 Å². The van der Waals surface area contributed by atoms with Crippen molar-refractivity contribution in [2.24, 2.45) is 5.92 Å². The number of thiazole rings is 1. The molecular formula is C18H20N4O2S. The maximum Gasteiger partial charge on any atom is 0.316 e. The summed E-state index contributed by atoms with van der Waals surface area (Å²) >= 11 is 1.72. The number of piperidine rings is 1. The number of para-hydroxylation sites is 1. The van der Waals surface area contributed by atoms with Gasteiger partial charge in [0.05, 0.1) is 18.4 Å². The summed E-state index contributed by atoms with van der Waals surface area (Å²) in [5, 5.41) is 1.06. The molecule has 0 amide bonds. The Morgan fingerprint density at radius 3 is 2.96 bits per heavy atom. The van der Waals surface area contributed by atoms with Gasteiger partial charge in [-0.15, -0.1) is 0 Å². The third-order valence-corrected chi connectivity index (χ3v) is 5.45. The predicted octanol–water partition coefficient (Wildman–Crippen LogP) is 3.39. The molecule has 1 unspecified atom stereocenters. The van der Waals surface area contributed by atoms with Crippen molar-refractivity contribution in [2.75, 3.05) is 31.7 Å². The number of aromatic nitrogens is 3. The molecule has 0 saturated carbocycles. The molecule has 0 N–H and O–H groups in total. The summed E-state index contributed by atoms with van der Waals surface area (Å²) in [5.74, 6) is 1.28. The molecule has 4 rings (SSSR count). The van der Waals surface area contributed by atoms with E-state index in [0.29, 0.717) is 18.5 Å². The van der Waals surface area contributed by atoms with Gasteiger partial charge in [0.15, 0.2) is 5.13 Å². The lowest BCUT2D eigenvalue weighted by molar-refractivity contribution is 0.214. The Labute approximate surface area is 150 Å². The number of methoxy groups -OCH3 is 1. The Balaban J connectivity index is 1.46. The Morgan fingerprint density at radius 2 is 2.12 bits per heavy atom. The van der Waals surface area contributed by atoms with E-state index in [9.17, 15) is 0 Å². The van der Waals surface area contributed by atoms with Crippen LogP contribution in [-0.2, 0) is 0 Å². The lowest BCUT2D eigenvalue weighted by atomic mass is 9.99. The van der Waals surface area contributed by atoms with Gasteiger partial charge in [0, 0.05) is 31.4 Å². The van der Waals surface area contributed by atoms with Crippen LogP contribution < -0.4 is 14.4 Å². The Bertz CT molecular complexity index is 839. The zero-order chi connectivity index (χ0) is 17.1. The molecule has 2 aromatic heterocycles. The molecule has 3 aromatic rings. The Kier molecular flexibility index (Phi) is 4.65. The average molecular weight is 356 g/mol. The lowest BCUT2D eigenvalue weighted by Crippen LogP contribution is -2.37. The van der Waals surface area contributed by atoms with Gasteiger partial charge in [0.25, 0.3) is 0 Å². The molecule has 7 heteroatoms. The van der Waals surface area contributed by atoms with Crippen LogP contribution in [-0.4, -0.2) is 41.8 Å². The lowest BCUT2D eigenvalue weighted by Gasteiger charge is -2.32. The first kappa shape index (κ1) is 16.1. The number of benzene rings is 1. The van der Waals surface area contributed by atoms with E-state index in [1.807, 2.05) is 12.1 Å². The van der Waals surface area contributed by atoms with Crippen LogP contribution in [0.5, 0.6) is 11.8 Å². The smallest absolute Gasteiger partial charge is 0.316 e. The second-order valence-corrected chi connectivity index (χ2v) is 7.11. The first-order valence-corrected chi connectivity index (χ1v) is 9.23. The van der Waals surface area contributed by atoms with Crippen LogP contribution >= 0.6 is 11.3 Å². The molecule has 0 radical (unpaired) electrons. The molecule has 1 aromatic carbocycles. The largest absolute Gasteiger partial charge is 0.494 e. The van der Waals surface area contributed by atoms with Crippen LogP contribution in [0, 0.1) is 5.92 Å². The van der Waals surface area contributed by atoms with Crippen LogP contribution in [0.4, 0.5) is 5.13 Å². The summed E-state index contributed by atoms with van der Waals surface area (Å²) in [4.78, 5) is 15.4. The summed E-state index contributed by atoms with van der Waals surface area (Å²) in [7, 11) is 1.69. The summed E-state index contributed by atoms with van der Waals surface area (Å²) in [6, 6.07) is 8.30. The molecule has 0 spiro atoms. The van der Waals surface area contributed by atoms with Gasteiger partial charge in [-0.3, -0.25) is 0 Å². The van der Waals surface area contributed by atoms with Crippen LogP contribution in [0.15, 0.2) is 36.7 Å². The number of anilines is 1. The fourth-order valence-corrected chi connectivity index (χ4v) is 4.16. The van der Waals surface area contributed by atoms with E-state index >= 15 is 0 Å². The number of hydrogen-bond acceptors (Lipinski definition) is 7. The summed E-state index contributed by atoms with van der Waals surface area (Å²) in [5.41, 5.74) is 0.945. The predicted molar refractivity (Wildman–Crippen MR) is 98.6 cm³/mol. The van der Waals surface area contributed by atoms with Crippen molar-refractivity contribution < 1.29 is 9.47 Å². The highest BCUT2D eigenvalue weighted by Crippen LogP contribution is 2.35. The molecular weight excluding hydrogens is 336 g/mol. The van der Waals surface area contributed by atoms with Crippen LogP contribution in [0.1, 0.15) is 12.8 Å². The molecule has 1 saturated heterocycles. The first-order chi connectivity index (χ1) is 12.3. The molecule has 3 heterocycles. The SMILES string of the molecule is COc1cccc2sc(N3CCCC(COc4ncccn4)C3)nc12. The van der Waals surface area contributed by atoms with Crippen molar-refractivity contribution in [1.29, 1.82) is 0 Å². The number of rotatable bonds is 5. The van der Waals surface area contributed by atoms with Crippen LogP contribution in [0.25, 0.3) is 10.2 Å². The average Bonchev–Trinajstić information content (AvgIpc) is 3.12. The minimum Gasteiger partial charge on any atom is -0.494 e. The standard InChI is InChI=1S/C18H20N4O2S/c1-23-14-6-2-7-15-16(14)21-18(25-15)22-10-3-5-13(11-22)12-24-17-19-8-4-9-20-17/h2,4,6-9,13H,3,5,10-12H2,1H3. The maximum absolute atomic E-state index is 5.74. The molecule has 1 fully saturated rings. The highest BCUT2D eigenvalue weighted by Gasteiger charge is 2.23. The monoisotopic (exact) mass is 356 g/mol. The van der Waals surface area contributed by atoms with Gasteiger partial charge in [0.2, 0.25) is 0 Å². The molecule has 0 bridgehead atoms. The molecule has 1 aliphatic heterocycles. The highest BCUT2D eigenvalue weighted by molar-refractivity contribution is 7.22. The number of fused-ring (bicyclic) bond motifs is 1. The Hall–Kier alpha value is -2.41. The van der Waals surface area contributed by atoms with E-state index in [-0.39, 0.29) is 0 Å². The number of hydrogen-bond donors (Lipinski definition) is 0. The molecule has 1 aliphatic rings. The van der Waals surface area contributed by atoms with E-state index in [1.54, 1.807) is 36.9 Å². The highest BCUT2D eigenvalue weighted by atomic mass is 32.1. The zero-order valence-corrected chi connectivity index (χ0v) is 14.9. The fraction of sp³-hybridized carbons (Fsp3) is 0.389. The van der Waals surface area contributed by atoms with Gasteiger partial charge in [-0.25, -0.2) is 15.0 Å². The first-order valence-electron chi connectivity index (χ1n) is 8.42. The third kappa shape index (κ3) is 3.51. The topological polar surface area (TPSA) is 60.4 Å². The van der Waals surface area contributed by atoms with Gasteiger partial charge in [0.1, 0.15) is 11.3 Å². The van der Waals surface area contributed by atoms with Crippen molar-refractivity contribution in [3.05, 3.63) is 36.7 Å². The van der Waals surface area contributed by atoms with E-state index in [4.69, 9.17) is 14.5 Å². The van der Waals surface area contributed by atoms with Crippen LogP contribution in [0.2, 0.25) is 0 Å². The molecule has 130 valence electrons. The number of ether oxygens (including phenoxy) is 2. The van der Waals surface area contributed by atoms with E-state index < -0.39 is 0 Å². The normalized spacial score (nSPS) is 17.6. The van der Waals surface area contributed by atoms with E-state index in [1.165, 1.54) is 0 Å². The molecule has 1 atom stereocenters. The van der Waals surface area contributed by atoms with Gasteiger partial charge in [-0.2, -0.15) is 0 Å². The number of nitrogens with zero attached hydrogens (tertiary/aromatic N) is 4. The second-order valence-electron chi connectivity index (χ2n) is 6.10. The molecule has 6 nitrogen and oxygen atoms in total. The summed E-state index contributed by atoms with van der Waals surface area (Å²) in [6.07, 6.45) is 5.68. The van der Waals surface area contributed by atoms with Crippen LogP contribution in [0.3, 0.4) is 0 Å². The third-order valence-electron chi connectivity index (χ3n) is 4.37. The maximum atomic E-state index is 5.74. The van der Waals surface area contributed by atoms with Crippen molar-refractivity contribution in [3.8, 4) is 11.8 Å². The van der Waals surface area contributed by atoms with Gasteiger partial charge < -0.3 is 14.4 Å². The van der Waals surface area contributed by atoms with E-state index in [2.05, 4.69) is 20.9 Å². The van der Waals surface area contributed by atoms with Crippen molar-refractivity contribution in [3.63, 3.8) is 0 Å². The van der Waals surface area contributed by atoms with Gasteiger partial charge in [-0.05, 0) is 31.0 Å². The van der Waals surface area contributed by atoms with E-state index in [0.717, 1.165) is 47.0 Å². The fourth-order valence-electron chi connectivity index (χ4n) is 3.14. The van der Waals surface area contributed by atoms with Crippen molar-refractivity contribution in [1.82, 2.24) is 15.0 Å². The quantitative estimate of drug-likeness (QED) is 0.698. The van der Waals surface area contributed by atoms with Crippen molar-refractivity contribution in [2.45, 2.75) is 12.8 Å². The zero-order valence-electron chi connectivity index (χ0n) is 14.1.